The maximum Gasteiger partial charge on any atom is 0.269 e. The Labute approximate surface area is 244 Å². The van der Waals surface area contributed by atoms with E-state index in [0.717, 1.165) is 70.2 Å². The van der Waals surface area contributed by atoms with Gasteiger partial charge < -0.3 is 10.1 Å². The molecule has 1 atom stereocenters. The molecule has 1 aliphatic rings. The van der Waals surface area contributed by atoms with E-state index in [1.165, 1.54) is 9.54 Å². The van der Waals surface area contributed by atoms with Crippen LogP contribution in [-0.4, -0.2) is 56.5 Å². The molecule has 4 aromatic heterocycles. The number of benzene rings is 2. The topological polar surface area (TPSA) is 104 Å². The van der Waals surface area contributed by atoms with Crippen LogP contribution in [0.3, 0.4) is 0 Å². The van der Waals surface area contributed by atoms with Gasteiger partial charge in [-0.25, -0.2) is 22.4 Å². The first-order valence-corrected chi connectivity index (χ1v) is 15.6. The van der Waals surface area contributed by atoms with Gasteiger partial charge in [-0.3, -0.25) is 4.90 Å². The third-order valence-electron chi connectivity index (χ3n) is 8.07. The average molecular weight is 578 g/mol. The molecule has 1 fully saturated rings. The Morgan fingerprint density at radius 2 is 1.74 bits per heavy atom. The number of hydrogen-bond donors (Lipinski definition) is 2. The van der Waals surface area contributed by atoms with Gasteiger partial charge in [-0.15, -0.1) is 0 Å². The van der Waals surface area contributed by atoms with Gasteiger partial charge in [-0.2, -0.15) is 0 Å². The lowest BCUT2D eigenvalue weighted by Crippen LogP contribution is -2.37. The Hall–Kier alpha value is -4.31. The number of β-amino-alcohol motifs (C(OH)–C–C–N with tert-alkyl or cyclic N) is 1. The van der Waals surface area contributed by atoms with E-state index in [0.29, 0.717) is 12.2 Å². The molecular formula is C33H31N5O3S. The van der Waals surface area contributed by atoms with E-state index in [-0.39, 0.29) is 11.0 Å². The van der Waals surface area contributed by atoms with E-state index in [9.17, 15) is 13.5 Å². The number of pyridine rings is 2. The highest BCUT2D eigenvalue weighted by Gasteiger charge is 2.24. The fourth-order valence-corrected chi connectivity index (χ4v) is 7.12. The van der Waals surface area contributed by atoms with E-state index in [2.05, 4.69) is 39.1 Å². The number of nitrogens with zero attached hydrogens (tertiary/aromatic N) is 4. The van der Waals surface area contributed by atoms with Crippen molar-refractivity contribution in [3.8, 4) is 22.3 Å². The normalized spacial score (nSPS) is 16.4. The largest absolute Gasteiger partial charge is 0.392 e. The van der Waals surface area contributed by atoms with E-state index in [1.807, 2.05) is 31.3 Å². The minimum absolute atomic E-state index is 0.207. The molecule has 5 heterocycles. The van der Waals surface area contributed by atoms with Crippen molar-refractivity contribution in [2.75, 3.05) is 13.1 Å². The van der Waals surface area contributed by atoms with Crippen LogP contribution >= 0.6 is 0 Å². The number of aryl methyl sites for hydroxylation is 1. The molecule has 0 spiro atoms. The molecule has 1 aliphatic heterocycles. The SMILES string of the molecule is Cc1ccc(S(=O)(=O)n2cc(-c3cnc4[nH]ccc4c3)c3cc(-c4ccc(CN5CCCC(O)C5)cc4)cnc32)cc1. The Morgan fingerprint density at radius 3 is 2.52 bits per heavy atom. The predicted molar refractivity (Wildman–Crippen MR) is 165 cm³/mol. The zero-order valence-electron chi connectivity index (χ0n) is 23.2. The smallest absolute Gasteiger partial charge is 0.269 e. The minimum Gasteiger partial charge on any atom is -0.392 e. The number of fused-ring (bicyclic) bond motifs is 2. The molecule has 0 bridgehead atoms. The molecule has 212 valence electrons. The number of aromatic nitrogens is 4. The van der Waals surface area contributed by atoms with Crippen LogP contribution < -0.4 is 0 Å². The van der Waals surface area contributed by atoms with Gasteiger partial charge in [0.2, 0.25) is 0 Å². The number of nitrogens with one attached hydrogen (secondary N) is 1. The van der Waals surface area contributed by atoms with Crippen LogP contribution in [0.1, 0.15) is 24.0 Å². The number of aliphatic hydroxyl groups is 1. The van der Waals surface area contributed by atoms with E-state index >= 15 is 0 Å². The maximum atomic E-state index is 13.8. The van der Waals surface area contributed by atoms with Crippen molar-refractivity contribution in [1.82, 2.24) is 23.8 Å². The van der Waals surface area contributed by atoms with Crippen molar-refractivity contribution >= 4 is 32.1 Å². The molecule has 0 amide bonds. The quantitative estimate of drug-likeness (QED) is 0.261. The van der Waals surface area contributed by atoms with Gasteiger partial charge in [0.15, 0.2) is 5.65 Å². The zero-order chi connectivity index (χ0) is 28.8. The summed E-state index contributed by atoms with van der Waals surface area (Å²) >= 11 is 0. The summed E-state index contributed by atoms with van der Waals surface area (Å²) in [7, 11) is -3.90. The Balaban J connectivity index is 1.31. The first-order valence-electron chi connectivity index (χ1n) is 14.1. The number of aromatic amines is 1. The van der Waals surface area contributed by atoms with Crippen LogP contribution in [0.5, 0.6) is 0 Å². The van der Waals surface area contributed by atoms with Crippen LogP contribution in [0.15, 0.2) is 96.4 Å². The van der Waals surface area contributed by atoms with Crippen molar-refractivity contribution in [2.24, 2.45) is 0 Å². The van der Waals surface area contributed by atoms with Crippen molar-refractivity contribution < 1.29 is 13.5 Å². The molecule has 7 rings (SSSR count). The maximum absolute atomic E-state index is 13.8. The molecule has 0 saturated carbocycles. The minimum atomic E-state index is -3.90. The fraction of sp³-hybridized carbons (Fsp3) is 0.212. The first kappa shape index (κ1) is 26.6. The lowest BCUT2D eigenvalue weighted by atomic mass is 10.0. The molecule has 9 heteroatoms. The molecule has 42 heavy (non-hydrogen) atoms. The predicted octanol–water partition coefficient (Wildman–Crippen LogP) is 5.75. The lowest BCUT2D eigenvalue weighted by molar-refractivity contribution is 0.0668. The summed E-state index contributed by atoms with van der Waals surface area (Å²) in [5.74, 6) is 0. The summed E-state index contributed by atoms with van der Waals surface area (Å²) in [5.41, 5.74) is 6.74. The first-order chi connectivity index (χ1) is 20.3. The van der Waals surface area contributed by atoms with Gasteiger partial charge in [0.25, 0.3) is 10.0 Å². The molecule has 0 radical (unpaired) electrons. The van der Waals surface area contributed by atoms with Gasteiger partial charge >= 0.3 is 0 Å². The van der Waals surface area contributed by atoms with Crippen LogP contribution in [0, 0.1) is 6.92 Å². The summed E-state index contributed by atoms with van der Waals surface area (Å²) in [4.78, 5) is 14.9. The Morgan fingerprint density at radius 1 is 0.952 bits per heavy atom. The fourth-order valence-electron chi connectivity index (χ4n) is 5.80. The summed E-state index contributed by atoms with van der Waals surface area (Å²) < 4.78 is 28.9. The number of piperidine rings is 1. The molecule has 0 aliphatic carbocycles. The number of hydrogen-bond acceptors (Lipinski definition) is 6. The average Bonchev–Trinajstić information content (AvgIpc) is 3.62. The van der Waals surface area contributed by atoms with E-state index in [1.54, 1.807) is 42.9 Å². The van der Waals surface area contributed by atoms with E-state index < -0.39 is 10.0 Å². The summed E-state index contributed by atoms with van der Waals surface area (Å²) in [6.45, 7) is 4.43. The van der Waals surface area contributed by atoms with Crippen molar-refractivity contribution in [3.05, 3.63) is 103 Å². The van der Waals surface area contributed by atoms with E-state index in [4.69, 9.17) is 4.98 Å². The van der Waals surface area contributed by atoms with Gasteiger partial charge in [0.05, 0.1) is 11.0 Å². The van der Waals surface area contributed by atoms with Gasteiger partial charge in [0, 0.05) is 65.3 Å². The molecule has 8 nitrogen and oxygen atoms in total. The highest BCUT2D eigenvalue weighted by Crippen LogP contribution is 2.35. The van der Waals surface area contributed by atoms with Crippen LogP contribution in [0.2, 0.25) is 0 Å². The van der Waals surface area contributed by atoms with Gasteiger partial charge in [-0.1, -0.05) is 42.0 Å². The number of likely N-dealkylation sites (tertiary alicyclic amines) is 1. The van der Waals surface area contributed by atoms with Crippen molar-refractivity contribution in [1.29, 1.82) is 0 Å². The molecule has 2 N–H and O–H groups in total. The number of aliphatic hydroxyl groups excluding tert-OH is 1. The standard InChI is InChI=1S/C33H31N5O3S/c1-22-4-10-29(11-5-22)42(40,41)38-21-31(27-15-25-12-13-34-32(25)35-18-27)30-16-26(17-36-33(30)38)24-8-6-23(7-9-24)19-37-14-2-3-28(39)20-37/h4-13,15-18,21,28,39H,2-3,14,19-20H2,1H3,(H,34,35). The molecular weight excluding hydrogens is 546 g/mol. The van der Waals surface area contributed by atoms with Crippen LogP contribution in [-0.2, 0) is 16.6 Å². The monoisotopic (exact) mass is 577 g/mol. The third-order valence-corrected chi connectivity index (χ3v) is 9.74. The second kappa shape index (κ2) is 10.5. The van der Waals surface area contributed by atoms with Gasteiger partial charge in [0.1, 0.15) is 5.65 Å². The highest BCUT2D eigenvalue weighted by atomic mass is 32.2. The van der Waals surface area contributed by atoms with Gasteiger partial charge in [-0.05, 0) is 67.8 Å². The number of H-pyrrole nitrogens is 1. The Kier molecular flexibility index (Phi) is 6.65. The van der Waals surface area contributed by atoms with Crippen molar-refractivity contribution in [3.63, 3.8) is 0 Å². The summed E-state index contributed by atoms with van der Waals surface area (Å²) in [6, 6.07) is 21.2. The molecule has 1 saturated heterocycles. The van der Waals surface area contributed by atoms with Crippen molar-refractivity contribution in [2.45, 2.75) is 37.3 Å². The second-order valence-electron chi connectivity index (χ2n) is 11.1. The highest BCUT2D eigenvalue weighted by molar-refractivity contribution is 7.90. The molecule has 1 unspecified atom stereocenters. The Bertz CT molecular complexity index is 2010. The molecule has 2 aromatic carbocycles. The summed E-state index contributed by atoms with van der Waals surface area (Å²) in [5, 5.41) is 11.7. The summed E-state index contributed by atoms with van der Waals surface area (Å²) in [6.07, 6.45) is 8.62. The van der Waals surface area contributed by atoms with Crippen LogP contribution in [0.4, 0.5) is 0 Å². The second-order valence-corrected chi connectivity index (χ2v) is 12.9. The van der Waals surface area contributed by atoms with Crippen LogP contribution in [0.25, 0.3) is 44.3 Å². The zero-order valence-corrected chi connectivity index (χ0v) is 24.1. The lowest BCUT2D eigenvalue weighted by Gasteiger charge is -2.29. The third kappa shape index (κ3) is 4.89. The molecule has 6 aromatic rings. The number of rotatable bonds is 6.